The Hall–Kier alpha value is -2.91. The van der Waals surface area contributed by atoms with Crippen LogP contribution in [-0.2, 0) is 0 Å². The van der Waals surface area contributed by atoms with Crippen LogP contribution in [0.3, 0.4) is 0 Å². The highest BCUT2D eigenvalue weighted by molar-refractivity contribution is 6.30. The summed E-state index contributed by atoms with van der Waals surface area (Å²) in [5.74, 6) is 1.63. The maximum absolute atomic E-state index is 6.61. The summed E-state index contributed by atoms with van der Waals surface area (Å²) in [4.78, 5) is 0. The van der Waals surface area contributed by atoms with Crippen molar-refractivity contribution >= 4 is 22.9 Å². The molecule has 1 unspecified atom stereocenters. The van der Waals surface area contributed by atoms with Crippen molar-refractivity contribution in [3.05, 3.63) is 82.4 Å². The van der Waals surface area contributed by atoms with Crippen LogP contribution in [0.2, 0.25) is 5.02 Å². The van der Waals surface area contributed by atoms with Crippen molar-refractivity contribution in [2.75, 3.05) is 12.4 Å². The molecule has 3 aromatic rings. The molecule has 0 radical (unpaired) electrons. The number of methoxy groups -OCH3 is 1. The average molecular weight is 418 g/mol. The summed E-state index contributed by atoms with van der Waals surface area (Å²) >= 11 is 6.35. The van der Waals surface area contributed by atoms with Crippen LogP contribution in [0.1, 0.15) is 43.6 Å². The van der Waals surface area contributed by atoms with E-state index in [4.69, 9.17) is 21.1 Å². The number of benzene rings is 3. The van der Waals surface area contributed by atoms with Crippen molar-refractivity contribution in [2.45, 2.75) is 32.4 Å². The second-order valence-electron chi connectivity index (χ2n) is 8.51. The molecule has 2 heterocycles. The van der Waals surface area contributed by atoms with Gasteiger partial charge in [0.1, 0.15) is 11.5 Å². The van der Waals surface area contributed by atoms with Gasteiger partial charge in [0.2, 0.25) is 0 Å². The van der Waals surface area contributed by atoms with Gasteiger partial charge in [-0.2, -0.15) is 0 Å². The minimum Gasteiger partial charge on any atom is -0.496 e. The van der Waals surface area contributed by atoms with Crippen LogP contribution < -0.4 is 14.8 Å². The van der Waals surface area contributed by atoms with E-state index in [2.05, 4.69) is 50.4 Å². The third-order valence-corrected chi connectivity index (χ3v) is 6.04. The van der Waals surface area contributed by atoms with Crippen LogP contribution >= 0.6 is 11.6 Å². The molecule has 3 aromatic carbocycles. The van der Waals surface area contributed by atoms with Gasteiger partial charge < -0.3 is 14.8 Å². The van der Waals surface area contributed by atoms with Crippen molar-refractivity contribution in [3.8, 4) is 22.6 Å². The number of ether oxygens (including phenoxy) is 2. The smallest absolute Gasteiger partial charge is 0.150 e. The van der Waals surface area contributed by atoms with E-state index in [-0.39, 0.29) is 11.6 Å². The molecule has 152 valence electrons. The highest BCUT2D eigenvalue weighted by Crippen LogP contribution is 2.53. The molecular weight excluding hydrogens is 394 g/mol. The second kappa shape index (κ2) is 6.82. The molecule has 2 aliphatic rings. The fourth-order valence-corrected chi connectivity index (χ4v) is 4.97. The Morgan fingerprint density at radius 2 is 1.83 bits per heavy atom. The van der Waals surface area contributed by atoms with Crippen molar-refractivity contribution in [1.29, 1.82) is 0 Å². The summed E-state index contributed by atoms with van der Waals surface area (Å²) in [5, 5.41) is 4.36. The zero-order valence-corrected chi connectivity index (χ0v) is 18.3. The molecule has 0 spiro atoms. The second-order valence-corrected chi connectivity index (χ2v) is 8.95. The summed E-state index contributed by atoms with van der Waals surface area (Å²) in [6, 6.07) is 18.2. The first-order valence-electron chi connectivity index (χ1n) is 10.1. The van der Waals surface area contributed by atoms with Crippen LogP contribution in [0.4, 0.5) is 5.69 Å². The van der Waals surface area contributed by atoms with Gasteiger partial charge in [-0.05, 0) is 67.8 Å². The standard InChI is InChI=1S/C26H24ClNO2/c1-15-14-26(2,3)28-19-12-11-18-23-20(29-4)9-6-10-21(23)30-25(24(18)22(15)19)16-7-5-8-17(27)13-16/h5-14,25,28H,1-4H3. The number of hydrogen-bond acceptors (Lipinski definition) is 3. The third-order valence-electron chi connectivity index (χ3n) is 5.81. The summed E-state index contributed by atoms with van der Waals surface area (Å²) in [6.45, 7) is 6.54. The van der Waals surface area contributed by atoms with Gasteiger partial charge >= 0.3 is 0 Å². The van der Waals surface area contributed by atoms with Crippen LogP contribution in [0.5, 0.6) is 11.5 Å². The first kappa shape index (κ1) is 19.1. The lowest BCUT2D eigenvalue weighted by Crippen LogP contribution is -2.32. The molecule has 4 heteroatoms. The van der Waals surface area contributed by atoms with Gasteiger partial charge in [0.05, 0.1) is 18.2 Å². The van der Waals surface area contributed by atoms with Crippen LogP contribution in [0.15, 0.2) is 60.7 Å². The van der Waals surface area contributed by atoms with Gasteiger partial charge in [0, 0.05) is 21.8 Å². The topological polar surface area (TPSA) is 30.5 Å². The van der Waals surface area contributed by atoms with E-state index < -0.39 is 0 Å². The van der Waals surface area contributed by atoms with E-state index in [1.807, 2.05) is 36.4 Å². The average Bonchev–Trinajstić information content (AvgIpc) is 2.71. The Morgan fingerprint density at radius 1 is 1.03 bits per heavy atom. The molecule has 0 aliphatic carbocycles. The third kappa shape index (κ3) is 2.96. The predicted octanol–water partition coefficient (Wildman–Crippen LogP) is 7.10. The minimum absolute atomic E-state index is 0.109. The SMILES string of the molecule is COc1cccc2c1-c1ccc3c(c1C(c1cccc(Cl)c1)O2)C(C)=CC(C)(C)N3. The van der Waals surface area contributed by atoms with E-state index in [1.54, 1.807) is 7.11 Å². The van der Waals surface area contributed by atoms with Gasteiger partial charge in [0.15, 0.2) is 6.10 Å². The molecule has 1 N–H and O–H groups in total. The Bertz CT molecular complexity index is 1200. The molecule has 0 saturated heterocycles. The highest BCUT2D eigenvalue weighted by Gasteiger charge is 2.35. The maximum Gasteiger partial charge on any atom is 0.150 e. The Labute approximate surface area is 182 Å². The van der Waals surface area contributed by atoms with E-state index >= 15 is 0 Å². The highest BCUT2D eigenvalue weighted by atomic mass is 35.5. The molecule has 1 atom stereocenters. The summed E-state index contributed by atoms with van der Waals surface area (Å²) in [6.07, 6.45) is 2.02. The zero-order valence-electron chi connectivity index (χ0n) is 17.5. The van der Waals surface area contributed by atoms with E-state index in [1.165, 1.54) is 11.1 Å². The van der Waals surface area contributed by atoms with Crippen LogP contribution in [-0.4, -0.2) is 12.6 Å². The van der Waals surface area contributed by atoms with Gasteiger partial charge in [0.25, 0.3) is 0 Å². The summed E-state index contributed by atoms with van der Waals surface area (Å²) in [7, 11) is 1.70. The predicted molar refractivity (Wildman–Crippen MR) is 124 cm³/mol. The number of fused-ring (bicyclic) bond motifs is 5. The van der Waals surface area contributed by atoms with Crippen LogP contribution in [0, 0.1) is 0 Å². The Kier molecular flexibility index (Phi) is 4.33. The van der Waals surface area contributed by atoms with Gasteiger partial charge in [-0.1, -0.05) is 41.9 Å². The minimum atomic E-state index is -0.264. The quantitative estimate of drug-likeness (QED) is 0.482. The maximum atomic E-state index is 6.61. The molecule has 0 aromatic heterocycles. The van der Waals surface area contributed by atoms with Crippen molar-refractivity contribution in [3.63, 3.8) is 0 Å². The summed E-state index contributed by atoms with van der Waals surface area (Å²) < 4.78 is 12.3. The number of allylic oxidation sites excluding steroid dienone is 1. The number of anilines is 1. The molecule has 0 saturated carbocycles. The molecule has 0 amide bonds. The first-order valence-corrected chi connectivity index (χ1v) is 10.5. The number of rotatable bonds is 2. The fourth-order valence-electron chi connectivity index (χ4n) is 4.77. The zero-order chi connectivity index (χ0) is 21.0. The number of hydrogen-bond donors (Lipinski definition) is 1. The first-order chi connectivity index (χ1) is 14.4. The van der Waals surface area contributed by atoms with Crippen molar-refractivity contribution in [2.24, 2.45) is 0 Å². The molecule has 0 fully saturated rings. The molecule has 3 nitrogen and oxygen atoms in total. The molecule has 2 aliphatic heterocycles. The normalized spacial score (nSPS) is 18.2. The van der Waals surface area contributed by atoms with Crippen molar-refractivity contribution < 1.29 is 9.47 Å². The Morgan fingerprint density at radius 3 is 2.60 bits per heavy atom. The lowest BCUT2D eigenvalue weighted by atomic mass is 9.80. The van der Waals surface area contributed by atoms with E-state index in [9.17, 15) is 0 Å². The number of nitrogens with one attached hydrogen (secondary N) is 1. The lowest BCUT2D eigenvalue weighted by Gasteiger charge is -2.37. The number of halogens is 1. The Balaban J connectivity index is 1.84. The van der Waals surface area contributed by atoms with Gasteiger partial charge in [-0.25, -0.2) is 0 Å². The van der Waals surface area contributed by atoms with Crippen molar-refractivity contribution in [1.82, 2.24) is 0 Å². The molecular formula is C26H24ClNO2. The largest absolute Gasteiger partial charge is 0.496 e. The molecule has 5 rings (SSSR count). The fraction of sp³-hybridized carbons (Fsp3) is 0.231. The van der Waals surface area contributed by atoms with Gasteiger partial charge in [-0.15, -0.1) is 0 Å². The molecule has 30 heavy (non-hydrogen) atoms. The van der Waals surface area contributed by atoms with Gasteiger partial charge in [-0.3, -0.25) is 0 Å². The monoisotopic (exact) mass is 417 g/mol. The van der Waals surface area contributed by atoms with E-state index in [0.717, 1.165) is 39.4 Å². The van der Waals surface area contributed by atoms with Crippen LogP contribution in [0.25, 0.3) is 16.7 Å². The summed E-state index contributed by atoms with van der Waals surface area (Å²) in [5.41, 5.74) is 7.73. The molecule has 0 bridgehead atoms. The lowest BCUT2D eigenvalue weighted by molar-refractivity contribution is 0.242. The van der Waals surface area contributed by atoms with E-state index in [0.29, 0.717) is 5.02 Å².